The van der Waals surface area contributed by atoms with E-state index in [-0.39, 0.29) is 45.2 Å². The summed E-state index contributed by atoms with van der Waals surface area (Å²) >= 11 is 5.79. The van der Waals surface area contributed by atoms with Crippen molar-refractivity contribution >= 4 is 34.8 Å². The number of Topliss-reactive ketones (excluding diaryl/α,β-unsaturated/α-hetero) is 1. The molecule has 0 aliphatic heterocycles. The minimum Gasteiger partial charge on any atom is -0.350 e. The molecule has 2 bridgehead atoms. The van der Waals surface area contributed by atoms with E-state index < -0.39 is 23.4 Å². The predicted molar refractivity (Wildman–Crippen MR) is 131 cm³/mol. The average molecular weight is 530 g/mol. The van der Waals surface area contributed by atoms with E-state index in [4.69, 9.17) is 11.6 Å². The highest BCUT2D eigenvalue weighted by Gasteiger charge is 2.50. The first-order chi connectivity index (χ1) is 17.6. The van der Waals surface area contributed by atoms with Crippen molar-refractivity contribution in [3.8, 4) is 0 Å². The van der Waals surface area contributed by atoms with Gasteiger partial charge in [0, 0.05) is 24.6 Å². The Morgan fingerprint density at radius 3 is 2.35 bits per heavy atom. The largest absolute Gasteiger partial charge is 0.350 e. The highest BCUT2D eigenvalue weighted by Crippen LogP contribution is 2.56. The molecule has 3 saturated carbocycles. The Morgan fingerprint density at radius 2 is 1.70 bits per heavy atom. The number of nitrogens with zero attached hydrogens (tertiary/aromatic N) is 3. The average Bonchev–Trinajstić information content (AvgIpc) is 3.28. The van der Waals surface area contributed by atoms with Crippen molar-refractivity contribution in [1.29, 1.82) is 0 Å². The molecule has 1 aromatic carbocycles. The summed E-state index contributed by atoms with van der Waals surface area (Å²) in [6, 6.07) is 5.32. The number of amides is 2. The van der Waals surface area contributed by atoms with Crippen molar-refractivity contribution < 1.29 is 23.2 Å². The fraction of sp³-hybridized carbons (Fsp3) is 0.423. The molecule has 0 atom stereocenters. The Kier molecular flexibility index (Phi) is 6.47. The molecule has 2 heterocycles. The zero-order valence-electron chi connectivity index (χ0n) is 20.2. The third kappa shape index (κ3) is 4.70. The van der Waals surface area contributed by atoms with Gasteiger partial charge in [0.1, 0.15) is 23.0 Å². The summed E-state index contributed by atoms with van der Waals surface area (Å²) in [5.41, 5.74) is -0.165. The number of rotatable bonds is 7. The van der Waals surface area contributed by atoms with Crippen LogP contribution in [0.15, 0.2) is 30.5 Å². The number of hydrogen-bond acceptors (Lipinski definition) is 5. The quantitative estimate of drug-likeness (QED) is 0.476. The minimum atomic E-state index is -0.771. The first-order valence-corrected chi connectivity index (χ1v) is 12.5. The van der Waals surface area contributed by atoms with E-state index in [0.717, 1.165) is 49.2 Å². The maximum absolute atomic E-state index is 14.4. The Bertz CT molecular complexity index is 1400. The molecule has 0 spiro atoms. The number of nitrogens with one attached hydrogen (secondary N) is 2. The van der Waals surface area contributed by atoms with Crippen LogP contribution in [0.1, 0.15) is 72.0 Å². The molecule has 194 valence electrons. The van der Waals surface area contributed by atoms with Crippen molar-refractivity contribution in [3.63, 3.8) is 0 Å². The van der Waals surface area contributed by atoms with Gasteiger partial charge in [-0.15, -0.1) is 0 Å². The molecule has 3 fully saturated rings. The summed E-state index contributed by atoms with van der Waals surface area (Å²) in [6.07, 6.45) is 5.98. The summed E-state index contributed by atoms with van der Waals surface area (Å²) in [5, 5.41) is 9.42. The van der Waals surface area contributed by atoms with Crippen LogP contribution < -0.4 is 10.6 Å². The number of carbonyl (C=O) groups is 3. The number of carbonyl (C=O) groups excluding carboxylic acids is 3. The number of benzene rings is 1. The highest BCUT2D eigenvalue weighted by molar-refractivity contribution is 6.30. The SMILES string of the molecule is CC(=O)C12CCC(CNC(=O)c3cc(C(=O)NCc4ccc(F)c(Cl)c4)nc4c(F)cnn34)(CC1)CC2. The molecule has 0 saturated heterocycles. The van der Waals surface area contributed by atoms with Gasteiger partial charge in [-0.2, -0.15) is 5.10 Å². The van der Waals surface area contributed by atoms with Gasteiger partial charge in [0.15, 0.2) is 11.5 Å². The zero-order chi connectivity index (χ0) is 26.4. The molecular weight excluding hydrogens is 504 g/mol. The van der Waals surface area contributed by atoms with Gasteiger partial charge in [-0.3, -0.25) is 14.4 Å². The molecule has 6 rings (SSSR count). The lowest BCUT2D eigenvalue weighted by molar-refractivity contribution is -0.135. The summed E-state index contributed by atoms with van der Waals surface area (Å²) in [6.45, 7) is 2.11. The van der Waals surface area contributed by atoms with Gasteiger partial charge in [0.2, 0.25) is 0 Å². The lowest BCUT2D eigenvalue weighted by Gasteiger charge is -2.52. The van der Waals surface area contributed by atoms with Gasteiger partial charge in [-0.1, -0.05) is 17.7 Å². The van der Waals surface area contributed by atoms with Gasteiger partial charge in [0.25, 0.3) is 11.8 Å². The molecule has 37 heavy (non-hydrogen) atoms. The smallest absolute Gasteiger partial charge is 0.270 e. The zero-order valence-corrected chi connectivity index (χ0v) is 21.0. The lowest BCUT2D eigenvalue weighted by Crippen LogP contribution is -2.49. The number of hydrogen-bond donors (Lipinski definition) is 2. The lowest BCUT2D eigenvalue weighted by atomic mass is 9.52. The summed E-state index contributed by atoms with van der Waals surface area (Å²) in [4.78, 5) is 42.2. The van der Waals surface area contributed by atoms with Crippen LogP contribution in [-0.2, 0) is 11.3 Å². The maximum Gasteiger partial charge on any atom is 0.270 e. The second-order valence-corrected chi connectivity index (χ2v) is 10.6. The van der Waals surface area contributed by atoms with E-state index in [2.05, 4.69) is 20.7 Å². The topological polar surface area (TPSA) is 105 Å². The van der Waals surface area contributed by atoms with Gasteiger partial charge >= 0.3 is 0 Å². The van der Waals surface area contributed by atoms with E-state index in [9.17, 15) is 23.2 Å². The fourth-order valence-corrected chi connectivity index (χ4v) is 5.75. The van der Waals surface area contributed by atoms with Crippen LogP contribution in [0.25, 0.3) is 5.65 Å². The summed E-state index contributed by atoms with van der Waals surface area (Å²) in [5.74, 6) is -2.24. The predicted octanol–water partition coefficient (Wildman–Crippen LogP) is 4.25. The monoisotopic (exact) mass is 529 g/mol. The van der Waals surface area contributed by atoms with Crippen LogP contribution in [0.2, 0.25) is 5.02 Å². The van der Waals surface area contributed by atoms with Crippen LogP contribution in [0.3, 0.4) is 0 Å². The number of fused-ring (bicyclic) bond motifs is 4. The van der Waals surface area contributed by atoms with Gasteiger partial charge in [0.05, 0.1) is 11.2 Å². The third-order valence-corrected chi connectivity index (χ3v) is 8.39. The highest BCUT2D eigenvalue weighted by atomic mass is 35.5. The van der Waals surface area contributed by atoms with E-state index in [1.807, 2.05) is 0 Å². The summed E-state index contributed by atoms with van der Waals surface area (Å²) < 4.78 is 28.8. The van der Waals surface area contributed by atoms with E-state index in [1.54, 1.807) is 6.92 Å². The van der Waals surface area contributed by atoms with Crippen LogP contribution in [-0.4, -0.2) is 38.7 Å². The number of halogens is 3. The van der Waals surface area contributed by atoms with Crippen LogP contribution in [0, 0.1) is 22.5 Å². The van der Waals surface area contributed by atoms with E-state index in [1.165, 1.54) is 24.3 Å². The van der Waals surface area contributed by atoms with Crippen molar-refractivity contribution in [2.45, 2.75) is 52.0 Å². The third-order valence-electron chi connectivity index (χ3n) is 8.10. The standard InChI is InChI=1S/C26H26ClF2N5O3/c1-15(35)26-7-4-25(5-8-26,6-9-26)14-31-24(37)21-11-20(33-22-19(29)13-32-34(21)22)23(36)30-12-16-2-3-18(28)17(27)10-16/h2-3,10-11,13H,4-9,12,14H2,1H3,(H,30,36)(H,31,37). The second kappa shape index (κ2) is 9.48. The molecule has 3 aliphatic carbocycles. The van der Waals surface area contributed by atoms with Crippen LogP contribution >= 0.6 is 11.6 Å². The molecule has 8 nitrogen and oxygen atoms in total. The number of aromatic nitrogens is 3. The fourth-order valence-electron chi connectivity index (χ4n) is 5.55. The Morgan fingerprint density at radius 1 is 1.00 bits per heavy atom. The Balaban J connectivity index is 1.32. The molecule has 2 amide bonds. The van der Waals surface area contributed by atoms with Crippen molar-refractivity contribution in [1.82, 2.24) is 25.2 Å². The molecule has 3 aromatic rings. The Labute approximate surface area is 216 Å². The first kappa shape index (κ1) is 25.3. The van der Waals surface area contributed by atoms with E-state index in [0.29, 0.717) is 12.1 Å². The second-order valence-electron chi connectivity index (χ2n) is 10.2. The van der Waals surface area contributed by atoms with Crippen molar-refractivity contribution in [3.05, 3.63) is 64.1 Å². The number of ketones is 1. The van der Waals surface area contributed by atoms with Crippen LogP contribution in [0.5, 0.6) is 0 Å². The molecular formula is C26H26ClF2N5O3. The minimum absolute atomic E-state index is 0.0232. The normalized spacial score (nSPS) is 22.7. The van der Waals surface area contributed by atoms with Gasteiger partial charge < -0.3 is 10.6 Å². The van der Waals surface area contributed by atoms with Gasteiger partial charge in [-0.25, -0.2) is 18.3 Å². The molecule has 0 radical (unpaired) electrons. The van der Waals surface area contributed by atoms with Crippen molar-refractivity contribution in [2.24, 2.45) is 10.8 Å². The first-order valence-electron chi connectivity index (χ1n) is 12.2. The Hall–Kier alpha value is -3.40. The molecule has 2 N–H and O–H groups in total. The van der Waals surface area contributed by atoms with E-state index >= 15 is 0 Å². The molecule has 0 unspecified atom stereocenters. The van der Waals surface area contributed by atoms with Crippen molar-refractivity contribution in [2.75, 3.05) is 6.54 Å². The van der Waals surface area contributed by atoms with Gasteiger partial charge in [-0.05, 0) is 68.6 Å². The molecule has 2 aromatic heterocycles. The molecule has 11 heteroatoms. The maximum atomic E-state index is 14.4. The van der Waals surface area contributed by atoms with Crippen LogP contribution in [0.4, 0.5) is 8.78 Å². The summed E-state index contributed by atoms with van der Waals surface area (Å²) in [7, 11) is 0. The molecule has 3 aliphatic rings.